The van der Waals surface area contributed by atoms with Crippen LogP contribution >= 0.6 is 0 Å². The van der Waals surface area contributed by atoms with E-state index in [0.29, 0.717) is 12.8 Å². The second-order valence-electron chi connectivity index (χ2n) is 8.95. The third-order valence-electron chi connectivity index (χ3n) is 6.66. The van der Waals surface area contributed by atoms with Crippen molar-refractivity contribution in [1.29, 1.82) is 0 Å². The minimum absolute atomic E-state index is 0.0850. The van der Waals surface area contributed by atoms with Gasteiger partial charge in [0.25, 0.3) is 0 Å². The van der Waals surface area contributed by atoms with Crippen LogP contribution < -0.4 is 0 Å². The molecule has 0 radical (unpaired) electrons. The van der Waals surface area contributed by atoms with Gasteiger partial charge in [-0.15, -0.1) is 0 Å². The number of carbonyl (C=O) groups is 2. The van der Waals surface area contributed by atoms with Crippen LogP contribution in [-0.4, -0.2) is 69.6 Å². The van der Waals surface area contributed by atoms with Crippen LogP contribution in [0.2, 0.25) is 0 Å². The Hall–Kier alpha value is -1.12. The average Bonchev–Trinajstić information content (AvgIpc) is 3.44. The largest absolute Gasteiger partial charge is 0.393 e. The lowest BCUT2D eigenvalue weighted by molar-refractivity contribution is -0.204. The van der Waals surface area contributed by atoms with Gasteiger partial charge in [-0.1, -0.05) is 13.0 Å². The summed E-state index contributed by atoms with van der Waals surface area (Å²) in [7, 11) is 0. The van der Waals surface area contributed by atoms with E-state index in [1.54, 1.807) is 6.92 Å². The van der Waals surface area contributed by atoms with Gasteiger partial charge in [0.05, 0.1) is 37.4 Å². The SMILES string of the molecule is C[C@H]([C@@H]1O[C@H]1C[C@@]1(CC(=O)CC(=O)C2=CCCCC2)OCCC(O)C1O)[C@H](C)O. The van der Waals surface area contributed by atoms with E-state index in [1.165, 1.54) is 0 Å². The van der Waals surface area contributed by atoms with Crippen LogP contribution in [0.5, 0.6) is 0 Å². The summed E-state index contributed by atoms with van der Waals surface area (Å²) in [5.74, 6) is -0.535. The predicted molar refractivity (Wildman–Crippen MR) is 105 cm³/mol. The van der Waals surface area contributed by atoms with Gasteiger partial charge in [0.2, 0.25) is 0 Å². The fourth-order valence-electron chi connectivity index (χ4n) is 4.56. The number of Topliss-reactive ketones (excluding diaryl/α,β-unsaturated/α-hetero) is 2. The van der Waals surface area contributed by atoms with Gasteiger partial charge in [0.15, 0.2) is 5.78 Å². The summed E-state index contributed by atoms with van der Waals surface area (Å²) in [5, 5.41) is 30.7. The van der Waals surface area contributed by atoms with E-state index >= 15 is 0 Å². The van der Waals surface area contributed by atoms with E-state index in [9.17, 15) is 24.9 Å². The highest BCUT2D eigenvalue weighted by Gasteiger charge is 2.55. The van der Waals surface area contributed by atoms with Crippen LogP contribution in [0.25, 0.3) is 0 Å². The Morgan fingerprint density at radius 2 is 2.03 bits per heavy atom. The summed E-state index contributed by atoms with van der Waals surface area (Å²) >= 11 is 0. The van der Waals surface area contributed by atoms with E-state index in [4.69, 9.17) is 9.47 Å². The summed E-state index contributed by atoms with van der Waals surface area (Å²) in [6.07, 6.45) is 2.54. The Labute approximate surface area is 172 Å². The van der Waals surface area contributed by atoms with Crippen molar-refractivity contribution in [3.8, 4) is 0 Å². The zero-order chi connectivity index (χ0) is 21.2. The maximum absolute atomic E-state index is 12.7. The number of epoxide rings is 1. The molecule has 7 heteroatoms. The lowest BCUT2D eigenvalue weighted by atomic mass is 9.78. The summed E-state index contributed by atoms with van der Waals surface area (Å²) in [6.45, 7) is 3.81. The third kappa shape index (κ3) is 5.33. The molecule has 7 atom stereocenters. The first kappa shape index (κ1) is 22.6. The molecule has 7 nitrogen and oxygen atoms in total. The zero-order valence-corrected chi connectivity index (χ0v) is 17.4. The van der Waals surface area contributed by atoms with Crippen LogP contribution in [0.15, 0.2) is 11.6 Å². The number of aliphatic hydroxyl groups is 3. The Bertz CT molecular complexity index is 643. The number of hydrogen-bond acceptors (Lipinski definition) is 7. The fraction of sp³-hybridized carbons (Fsp3) is 0.818. The van der Waals surface area contributed by atoms with E-state index < -0.39 is 23.9 Å². The van der Waals surface area contributed by atoms with Gasteiger partial charge in [-0.2, -0.15) is 0 Å². The van der Waals surface area contributed by atoms with Crippen LogP contribution in [0.1, 0.15) is 65.2 Å². The first-order valence-corrected chi connectivity index (χ1v) is 10.8. The quantitative estimate of drug-likeness (QED) is 0.389. The highest BCUT2D eigenvalue weighted by molar-refractivity contribution is 6.07. The molecule has 0 aromatic carbocycles. The molecule has 1 aliphatic carbocycles. The van der Waals surface area contributed by atoms with Gasteiger partial charge < -0.3 is 24.8 Å². The minimum atomic E-state index is -1.27. The van der Waals surface area contributed by atoms with Crippen LogP contribution in [0.3, 0.4) is 0 Å². The van der Waals surface area contributed by atoms with Crippen LogP contribution in [0.4, 0.5) is 0 Å². The normalized spacial score (nSPS) is 36.8. The van der Waals surface area contributed by atoms with Gasteiger partial charge in [-0.3, -0.25) is 9.59 Å². The standard InChI is InChI=1S/C22H34O7/c1-13(14(2)23)20-19(29-20)12-22(21(27)17(25)8-9-28-22)11-16(24)10-18(26)15-6-4-3-5-7-15/h6,13-14,17,19-21,23,25,27H,3-5,7-12H2,1-2H3/t13-,14-,17?,19-,20-,21?,22+/m0/s1. The maximum atomic E-state index is 12.7. The molecule has 0 saturated carbocycles. The molecule has 0 aromatic rings. The number of rotatable bonds is 9. The molecule has 29 heavy (non-hydrogen) atoms. The molecule has 3 N–H and O–H groups in total. The topological polar surface area (TPSA) is 117 Å². The van der Waals surface area contributed by atoms with Gasteiger partial charge in [0, 0.05) is 18.8 Å². The Morgan fingerprint density at radius 3 is 2.69 bits per heavy atom. The summed E-state index contributed by atoms with van der Waals surface area (Å²) in [5.41, 5.74) is -0.548. The number of aliphatic hydroxyl groups excluding tert-OH is 3. The van der Waals surface area contributed by atoms with E-state index in [-0.39, 0.29) is 55.6 Å². The zero-order valence-electron chi connectivity index (χ0n) is 17.4. The third-order valence-corrected chi connectivity index (χ3v) is 6.66. The molecule has 0 aromatic heterocycles. The van der Waals surface area contributed by atoms with Crippen molar-refractivity contribution in [2.45, 2.75) is 101 Å². The van der Waals surface area contributed by atoms with E-state index in [1.807, 2.05) is 13.0 Å². The molecule has 0 amide bonds. The van der Waals surface area contributed by atoms with Gasteiger partial charge in [-0.05, 0) is 44.6 Å². The molecular formula is C22H34O7. The molecular weight excluding hydrogens is 376 g/mol. The Morgan fingerprint density at radius 1 is 1.28 bits per heavy atom. The molecule has 2 unspecified atom stereocenters. The van der Waals surface area contributed by atoms with Crippen molar-refractivity contribution in [2.24, 2.45) is 5.92 Å². The van der Waals surface area contributed by atoms with Crippen LogP contribution in [-0.2, 0) is 19.1 Å². The van der Waals surface area contributed by atoms with Crippen molar-refractivity contribution in [1.82, 2.24) is 0 Å². The first-order valence-electron chi connectivity index (χ1n) is 10.8. The predicted octanol–water partition coefficient (Wildman–Crippen LogP) is 1.46. The first-order chi connectivity index (χ1) is 13.7. The highest BCUT2D eigenvalue weighted by Crippen LogP contribution is 2.42. The second-order valence-corrected chi connectivity index (χ2v) is 8.95. The molecule has 3 aliphatic rings. The highest BCUT2D eigenvalue weighted by atomic mass is 16.6. The summed E-state index contributed by atoms with van der Waals surface area (Å²) < 4.78 is 11.6. The minimum Gasteiger partial charge on any atom is -0.393 e. The Kier molecular flexibility index (Phi) is 7.27. The molecule has 2 saturated heterocycles. The lowest BCUT2D eigenvalue weighted by Gasteiger charge is -2.43. The maximum Gasteiger partial charge on any atom is 0.165 e. The number of ketones is 2. The van der Waals surface area contributed by atoms with E-state index in [2.05, 4.69) is 0 Å². The van der Waals surface area contributed by atoms with E-state index in [0.717, 1.165) is 24.8 Å². The monoisotopic (exact) mass is 410 g/mol. The molecule has 2 fully saturated rings. The van der Waals surface area contributed by atoms with Gasteiger partial charge in [-0.25, -0.2) is 0 Å². The molecule has 2 aliphatic heterocycles. The summed E-state index contributed by atoms with van der Waals surface area (Å²) in [6, 6.07) is 0. The second kappa shape index (κ2) is 9.35. The molecule has 0 spiro atoms. The molecule has 0 bridgehead atoms. The fourth-order valence-corrected chi connectivity index (χ4v) is 4.56. The lowest BCUT2D eigenvalue weighted by Crippen LogP contribution is -2.57. The van der Waals surface area contributed by atoms with Crippen molar-refractivity contribution in [3.63, 3.8) is 0 Å². The molecule has 3 rings (SSSR count). The number of carbonyl (C=O) groups excluding carboxylic acids is 2. The van der Waals surface area contributed by atoms with Gasteiger partial charge >= 0.3 is 0 Å². The average molecular weight is 411 g/mol. The number of ether oxygens (including phenoxy) is 2. The van der Waals surface area contributed by atoms with Crippen molar-refractivity contribution in [2.75, 3.05) is 6.61 Å². The summed E-state index contributed by atoms with van der Waals surface area (Å²) in [4.78, 5) is 25.2. The smallest absolute Gasteiger partial charge is 0.165 e. The van der Waals surface area contributed by atoms with Crippen molar-refractivity contribution in [3.05, 3.63) is 11.6 Å². The Balaban J connectivity index is 1.66. The number of hydrogen-bond donors (Lipinski definition) is 3. The van der Waals surface area contributed by atoms with Crippen LogP contribution in [0, 0.1) is 5.92 Å². The number of allylic oxidation sites excluding steroid dienone is 2. The van der Waals surface area contributed by atoms with Crippen molar-refractivity contribution < 1.29 is 34.4 Å². The molecule has 2 heterocycles. The van der Waals surface area contributed by atoms with Gasteiger partial charge in [0.1, 0.15) is 17.5 Å². The molecule has 164 valence electrons. The van der Waals surface area contributed by atoms with Crippen molar-refractivity contribution >= 4 is 11.6 Å².